The molecule has 1 rings (SSSR count). The smallest absolute Gasteiger partial charge is 0.251 e. The Kier molecular flexibility index (Phi) is 5.50. The Labute approximate surface area is 107 Å². The van der Waals surface area contributed by atoms with Crippen molar-refractivity contribution >= 4 is 45.2 Å². The van der Waals surface area contributed by atoms with Crippen molar-refractivity contribution in [3.05, 3.63) is 33.3 Å². The minimum atomic E-state index is -0.0681. The molecule has 0 aliphatic rings. The van der Waals surface area contributed by atoms with Crippen molar-refractivity contribution in [3.63, 3.8) is 0 Å². The van der Waals surface area contributed by atoms with Crippen LogP contribution in [0, 0.1) is 0 Å². The highest BCUT2D eigenvalue weighted by atomic mass is 79.9. The zero-order chi connectivity index (χ0) is 11.3. The number of benzene rings is 1. The summed E-state index contributed by atoms with van der Waals surface area (Å²) in [7, 11) is 0. The molecule has 0 aliphatic carbocycles. The van der Waals surface area contributed by atoms with E-state index in [1.807, 2.05) is 6.26 Å². The Bertz CT molecular complexity index is 359. The van der Waals surface area contributed by atoms with E-state index in [1.54, 1.807) is 30.0 Å². The van der Waals surface area contributed by atoms with Crippen LogP contribution < -0.4 is 5.32 Å². The van der Waals surface area contributed by atoms with Gasteiger partial charge in [0.15, 0.2) is 0 Å². The van der Waals surface area contributed by atoms with Crippen LogP contribution in [0.4, 0.5) is 0 Å². The molecule has 1 N–H and O–H groups in total. The summed E-state index contributed by atoms with van der Waals surface area (Å²) < 4.78 is 0.738. The van der Waals surface area contributed by atoms with E-state index in [0.29, 0.717) is 17.1 Å². The lowest BCUT2D eigenvalue weighted by Gasteiger charge is -2.05. The monoisotopic (exact) mass is 307 g/mol. The summed E-state index contributed by atoms with van der Waals surface area (Å²) in [5.74, 6) is 0.849. The number of carbonyl (C=O) groups excluding carboxylic acids is 1. The van der Waals surface area contributed by atoms with E-state index in [0.717, 1.165) is 10.2 Å². The summed E-state index contributed by atoms with van der Waals surface area (Å²) in [5, 5.41) is 3.43. The van der Waals surface area contributed by atoms with Crippen LogP contribution in [-0.2, 0) is 0 Å². The van der Waals surface area contributed by atoms with Crippen molar-refractivity contribution < 1.29 is 4.79 Å². The predicted molar refractivity (Wildman–Crippen MR) is 69.9 cm³/mol. The van der Waals surface area contributed by atoms with E-state index in [4.69, 9.17) is 11.6 Å². The third kappa shape index (κ3) is 4.05. The average Bonchev–Trinajstić information content (AvgIpc) is 2.22. The quantitative estimate of drug-likeness (QED) is 0.866. The molecule has 0 bridgehead atoms. The van der Waals surface area contributed by atoms with Crippen LogP contribution in [0.25, 0.3) is 0 Å². The Hall–Kier alpha value is -0.190. The van der Waals surface area contributed by atoms with Gasteiger partial charge in [0.2, 0.25) is 0 Å². The van der Waals surface area contributed by atoms with Gasteiger partial charge < -0.3 is 5.32 Å². The van der Waals surface area contributed by atoms with Gasteiger partial charge in [-0.15, -0.1) is 0 Å². The maximum absolute atomic E-state index is 11.6. The van der Waals surface area contributed by atoms with Crippen LogP contribution in [-0.4, -0.2) is 24.5 Å². The summed E-state index contributed by atoms with van der Waals surface area (Å²) in [6.07, 6.45) is 2.00. The Morgan fingerprint density at radius 1 is 1.60 bits per heavy atom. The van der Waals surface area contributed by atoms with Gasteiger partial charge in [-0.2, -0.15) is 11.8 Å². The fraction of sp³-hybridized carbons (Fsp3) is 0.300. The molecule has 0 spiro atoms. The summed E-state index contributed by atoms with van der Waals surface area (Å²) >= 11 is 10.8. The molecule has 5 heteroatoms. The number of carbonyl (C=O) groups is 1. The molecule has 0 fully saturated rings. The van der Waals surface area contributed by atoms with Gasteiger partial charge in [0.25, 0.3) is 5.91 Å². The topological polar surface area (TPSA) is 29.1 Å². The molecule has 1 aromatic rings. The van der Waals surface area contributed by atoms with Crippen molar-refractivity contribution in [2.45, 2.75) is 0 Å². The second kappa shape index (κ2) is 6.40. The maximum atomic E-state index is 11.6. The summed E-state index contributed by atoms with van der Waals surface area (Å²) in [5.41, 5.74) is 0.618. The van der Waals surface area contributed by atoms with Gasteiger partial charge in [-0.3, -0.25) is 4.79 Å². The van der Waals surface area contributed by atoms with Crippen LogP contribution >= 0.6 is 39.3 Å². The van der Waals surface area contributed by atoms with E-state index >= 15 is 0 Å². The molecule has 0 aliphatic heterocycles. The van der Waals surface area contributed by atoms with E-state index in [-0.39, 0.29) is 5.91 Å². The van der Waals surface area contributed by atoms with E-state index < -0.39 is 0 Å². The maximum Gasteiger partial charge on any atom is 0.251 e. The highest BCUT2D eigenvalue weighted by Gasteiger charge is 2.06. The minimum absolute atomic E-state index is 0.0681. The first-order chi connectivity index (χ1) is 7.15. The molecule has 82 valence electrons. The normalized spacial score (nSPS) is 10.1. The molecular weight excluding hydrogens is 298 g/mol. The van der Waals surface area contributed by atoms with Crippen molar-refractivity contribution in [2.75, 3.05) is 18.6 Å². The molecule has 0 heterocycles. The lowest BCUT2D eigenvalue weighted by Crippen LogP contribution is -2.25. The van der Waals surface area contributed by atoms with Gasteiger partial charge in [-0.25, -0.2) is 0 Å². The highest BCUT2D eigenvalue weighted by molar-refractivity contribution is 9.10. The molecule has 0 saturated heterocycles. The van der Waals surface area contributed by atoms with E-state index in [9.17, 15) is 4.79 Å². The molecule has 2 nitrogen and oxygen atoms in total. The SMILES string of the molecule is CSCCNC(=O)c1ccc(Cl)c(Br)c1. The van der Waals surface area contributed by atoms with Crippen LogP contribution in [0.15, 0.2) is 22.7 Å². The lowest BCUT2D eigenvalue weighted by molar-refractivity contribution is 0.0956. The molecular formula is C10H11BrClNOS. The average molecular weight is 309 g/mol. The van der Waals surface area contributed by atoms with E-state index in [2.05, 4.69) is 21.2 Å². The third-order valence-corrected chi connectivity index (χ3v) is 3.60. The standard InChI is InChI=1S/C10H11BrClNOS/c1-15-5-4-13-10(14)7-2-3-9(12)8(11)6-7/h2-3,6H,4-5H2,1H3,(H,13,14). The van der Waals surface area contributed by atoms with Crippen LogP contribution in [0.2, 0.25) is 5.02 Å². The van der Waals surface area contributed by atoms with Crippen molar-refractivity contribution in [3.8, 4) is 0 Å². The Balaban J connectivity index is 2.62. The highest BCUT2D eigenvalue weighted by Crippen LogP contribution is 2.23. The van der Waals surface area contributed by atoms with Crippen molar-refractivity contribution in [1.29, 1.82) is 0 Å². The molecule has 0 aromatic heterocycles. The van der Waals surface area contributed by atoms with Gasteiger partial charge in [0, 0.05) is 22.3 Å². The first-order valence-electron chi connectivity index (χ1n) is 4.37. The fourth-order valence-electron chi connectivity index (χ4n) is 1.01. The molecule has 1 aromatic carbocycles. The minimum Gasteiger partial charge on any atom is -0.351 e. The van der Waals surface area contributed by atoms with Crippen LogP contribution in [0.3, 0.4) is 0 Å². The van der Waals surface area contributed by atoms with Gasteiger partial charge in [-0.1, -0.05) is 11.6 Å². The van der Waals surface area contributed by atoms with Gasteiger partial charge in [-0.05, 0) is 40.4 Å². The first kappa shape index (κ1) is 12.9. The largest absolute Gasteiger partial charge is 0.351 e. The number of amides is 1. The van der Waals surface area contributed by atoms with Gasteiger partial charge in [0.1, 0.15) is 0 Å². The molecule has 0 atom stereocenters. The number of thioether (sulfide) groups is 1. The molecule has 15 heavy (non-hydrogen) atoms. The predicted octanol–water partition coefficient (Wildman–Crippen LogP) is 3.20. The summed E-state index contributed by atoms with van der Waals surface area (Å²) in [6, 6.07) is 5.13. The summed E-state index contributed by atoms with van der Waals surface area (Å²) in [6.45, 7) is 0.681. The lowest BCUT2D eigenvalue weighted by atomic mass is 10.2. The zero-order valence-corrected chi connectivity index (χ0v) is 11.4. The van der Waals surface area contributed by atoms with Crippen molar-refractivity contribution in [1.82, 2.24) is 5.32 Å². The Morgan fingerprint density at radius 2 is 2.33 bits per heavy atom. The molecule has 0 radical (unpaired) electrons. The Morgan fingerprint density at radius 3 is 2.93 bits per heavy atom. The molecule has 0 saturated carbocycles. The number of halogens is 2. The van der Waals surface area contributed by atoms with Crippen LogP contribution in [0.1, 0.15) is 10.4 Å². The van der Waals surface area contributed by atoms with E-state index in [1.165, 1.54) is 0 Å². The van der Waals surface area contributed by atoms with Gasteiger partial charge in [0.05, 0.1) is 5.02 Å². The summed E-state index contributed by atoms with van der Waals surface area (Å²) in [4.78, 5) is 11.6. The zero-order valence-electron chi connectivity index (χ0n) is 8.22. The second-order valence-electron chi connectivity index (χ2n) is 2.88. The number of hydrogen-bond acceptors (Lipinski definition) is 2. The number of rotatable bonds is 4. The van der Waals surface area contributed by atoms with Crippen LogP contribution in [0.5, 0.6) is 0 Å². The third-order valence-electron chi connectivity index (χ3n) is 1.77. The second-order valence-corrected chi connectivity index (χ2v) is 5.12. The number of nitrogens with one attached hydrogen (secondary N) is 1. The fourth-order valence-corrected chi connectivity index (χ4v) is 1.81. The molecule has 1 amide bonds. The van der Waals surface area contributed by atoms with Gasteiger partial charge >= 0.3 is 0 Å². The number of hydrogen-bond donors (Lipinski definition) is 1. The molecule has 0 unspecified atom stereocenters. The van der Waals surface area contributed by atoms with Crippen molar-refractivity contribution in [2.24, 2.45) is 0 Å². The first-order valence-corrected chi connectivity index (χ1v) is 6.94.